The third-order valence-corrected chi connectivity index (χ3v) is 5.65. The largest absolute Gasteiger partial charge is 0.389 e. The van der Waals surface area contributed by atoms with E-state index in [0.717, 1.165) is 16.3 Å². The van der Waals surface area contributed by atoms with Crippen molar-refractivity contribution in [3.63, 3.8) is 0 Å². The molecule has 9 nitrogen and oxygen atoms in total. The zero-order valence-electron chi connectivity index (χ0n) is 14.8. The molecular weight excluding hydrogens is 437 g/mol. The van der Waals surface area contributed by atoms with E-state index >= 15 is 0 Å². The summed E-state index contributed by atoms with van der Waals surface area (Å²) in [5.41, 5.74) is 1.66. The fourth-order valence-corrected chi connectivity index (χ4v) is 4.05. The van der Waals surface area contributed by atoms with Crippen molar-refractivity contribution in [1.82, 2.24) is 29.8 Å². The maximum absolute atomic E-state index is 10.7. The maximum atomic E-state index is 10.7. The van der Waals surface area contributed by atoms with Crippen LogP contribution >= 0.6 is 34.5 Å². The number of hydrogen-bond donors (Lipinski definition) is 0. The highest BCUT2D eigenvalue weighted by molar-refractivity contribution is 7.11. The Bertz CT molecular complexity index is 1150. The molecule has 0 aliphatic heterocycles. The van der Waals surface area contributed by atoms with Crippen LogP contribution in [-0.2, 0) is 19.5 Å². The monoisotopic (exact) mass is 449 g/mol. The average Bonchev–Trinajstić information content (AvgIpc) is 3.41. The molecule has 0 saturated heterocycles. The van der Waals surface area contributed by atoms with Crippen LogP contribution in [0, 0.1) is 10.1 Å². The predicted octanol–water partition coefficient (Wildman–Crippen LogP) is 3.83. The average molecular weight is 450 g/mol. The minimum absolute atomic E-state index is 0.195. The number of benzene rings is 1. The zero-order valence-corrected chi connectivity index (χ0v) is 17.1. The van der Waals surface area contributed by atoms with Crippen LogP contribution in [0.3, 0.4) is 0 Å². The second-order valence-corrected chi connectivity index (χ2v) is 8.06. The SMILES string of the molecule is O=[N+]([O-])c1ccn(Cc2nnc(Cc3ccn(Cc4c(Cl)cccc4Cl)n3)s2)n1. The fourth-order valence-electron chi connectivity index (χ4n) is 2.69. The maximum Gasteiger partial charge on any atom is 0.389 e. The van der Waals surface area contributed by atoms with E-state index in [2.05, 4.69) is 20.4 Å². The molecule has 4 aromatic rings. The Labute approximate surface area is 178 Å². The van der Waals surface area contributed by atoms with E-state index in [1.807, 2.05) is 12.3 Å². The third kappa shape index (κ3) is 4.61. The van der Waals surface area contributed by atoms with Crippen LogP contribution in [0.1, 0.15) is 21.3 Å². The van der Waals surface area contributed by atoms with Gasteiger partial charge < -0.3 is 10.1 Å². The molecule has 1 aromatic carbocycles. The molecule has 0 unspecified atom stereocenters. The number of nitro groups is 1. The lowest BCUT2D eigenvalue weighted by Crippen LogP contribution is -2.02. The minimum Gasteiger partial charge on any atom is -0.358 e. The van der Waals surface area contributed by atoms with Gasteiger partial charge in [-0.1, -0.05) is 40.6 Å². The molecule has 0 aliphatic carbocycles. The molecule has 4 rings (SSSR count). The standard InChI is InChI=1S/C17H13Cl2N7O2S/c18-13-2-1-3-14(19)12(13)9-24-6-4-11(22-24)8-16-20-21-17(29-16)10-25-7-5-15(23-25)26(27)28/h1-7H,8-10H2. The van der Waals surface area contributed by atoms with Crippen LogP contribution in [0.4, 0.5) is 5.82 Å². The third-order valence-electron chi connectivity index (χ3n) is 4.03. The Morgan fingerprint density at radius 1 is 0.966 bits per heavy atom. The van der Waals surface area contributed by atoms with E-state index < -0.39 is 4.92 Å². The minimum atomic E-state index is -0.534. The predicted molar refractivity (Wildman–Crippen MR) is 108 cm³/mol. The van der Waals surface area contributed by atoms with Crippen molar-refractivity contribution in [1.29, 1.82) is 0 Å². The van der Waals surface area contributed by atoms with Gasteiger partial charge in [0, 0.05) is 28.2 Å². The molecule has 0 amide bonds. The summed E-state index contributed by atoms with van der Waals surface area (Å²) in [5.74, 6) is -0.195. The van der Waals surface area contributed by atoms with Crippen molar-refractivity contribution in [3.8, 4) is 0 Å². The summed E-state index contributed by atoms with van der Waals surface area (Å²) in [4.78, 5) is 10.2. The van der Waals surface area contributed by atoms with Gasteiger partial charge in [0.15, 0.2) is 0 Å². The lowest BCUT2D eigenvalue weighted by atomic mass is 10.2. The summed E-state index contributed by atoms with van der Waals surface area (Å²) >= 11 is 13.8. The van der Waals surface area contributed by atoms with Crippen LogP contribution < -0.4 is 0 Å². The van der Waals surface area contributed by atoms with Gasteiger partial charge in [-0.3, -0.25) is 4.68 Å². The van der Waals surface area contributed by atoms with Crippen LogP contribution in [0.25, 0.3) is 0 Å². The van der Waals surface area contributed by atoms with Crippen LogP contribution in [0.5, 0.6) is 0 Å². The van der Waals surface area contributed by atoms with Crippen molar-refractivity contribution < 1.29 is 4.92 Å². The van der Waals surface area contributed by atoms with Crippen LogP contribution in [0.2, 0.25) is 10.0 Å². The Morgan fingerprint density at radius 3 is 2.38 bits per heavy atom. The van der Waals surface area contributed by atoms with E-state index in [4.69, 9.17) is 23.2 Å². The Hall–Kier alpha value is -2.82. The van der Waals surface area contributed by atoms with Crippen molar-refractivity contribution in [2.24, 2.45) is 0 Å². The highest BCUT2D eigenvalue weighted by atomic mass is 35.5. The van der Waals surface area contributed by atoms with Gasteiger partial charge in [-0.15, -0.1) is 10.2 Å². The number of halogens is 2. The second kappa shape index (κ2) is 8.27. The Morgan fingerprint density at radius 2 is 1.66 bits per heavy atom. The van der Waals surface area contributed by atoms with Gasteiger partial charge in [0.2, 0.25) is 0 Å². The van der Waals surface area contributed by atoms with Gasteiger partial charge in [0.1, 0.15) is 16.6 Å². The van der Waals surface area contributed by atoms with E-state index in [1.165, 1.54) is 22.1 Å². The molecule has 0 atom stereocenters. The molecule has 0 spiro atoms. The van der Waals surface area contributed by atoms with Gasteiger partial charge in [0.25, 0.3) is 0 Å². The highest BCUT2D eigenvalue weighted by Gasteiger charge is 2.14. The number of rotatable bonds is 7. The first kappa shape index (κ1) is 19.5. The summed E-state index contributed by atoms with van der Waals surface area (Å²) in [6.45, 7) is 0.795. The second-order valence-electron chi connectivity index (χ2n) is 6.10. The lowest BCUT2D eigenvalue weighted by molar-refractivity contribution is -0.389. The normalized spacial score (nSPS) is 11.1. The highest BCUT2D eigenvalue weighted by Crippen LogP contribution is 2.25. The van der Waals surface area contributed by atoms with Gasteiger partial charge in [-0.2, -0.15) is 9.78 Å². The lowest BCUT2D eigenvalue weighted by Gasteiger charge is -2.06. The number of hydrogen-bond acceptors (Lipinski definition) is 7. The molecule has 29 heavy (non-hydrogen) atoms. The van der Waals surface area contributed by atoms with E-state index in [9.17, 15) is 10.1 Å². The van der Waals surface area contributed by atoms with Gasteiger partial charge in [-0.05, 0) is 23.1 Å². The molecule has 148 valence electrons. The summed E-state index contributed by atoms with van der Waals surface area (Å²) in [6.07, 6.45) is 3.93. The molecule has 0 fully saturated rings. The summed E-state index contributed by atoms with van der Waals surface area (Å²) < 4.78 is 3.23. The van der Waals surface area contributed by atoms with Crippen molar-refractivity contribution in [3.05, 3.63) is 84.2 Å². The first-order chi connectivity index (χ1) is 14.0. The van der Waals surface area contributed by atoms with E-state index in [0.29, 0.717) is 34.6 Å². The topological polar surface area (TPSA) is 105 Å². The molecule has 0 saturated carbocycles. The molecular formula is C17H13Cl2N7O2S. The Balaban J connectivity index is 1.41. The molecule has 12 heteroatoms. The molecule has 0 N–H and O–H groups in total. The van der Waals surface area contributed by atoms with Crippen LogP contribution in [0.15, 0.2) is 42.7 Å². The fraction of sp³-hybridized carbons (Fsp3) is 0.176. The first-order valence-corrected chi connectivity index (χ1v) is 9.99. The van der Waals surface area contributed by atoms with Crippen molar-refractivity contribution >= 4 is 40.4 Å². The first-order valence-electron chi connectivity index (χ1n) is 8.42. The molecule has 3 aromatic heterocycles. The van der Waals surface area contributed by atoms with Gasteiger partial charge in [-0.25, -0.2) is 0 Å². The summed E-state index contributed by atoms with van der Waals surface area (Å²) in [5, 5.41) is 30.1. The molecule has 0 aliphatic rings. The van der Waals surface area contributed by atoms with Crippen molar-refractivity contribution in [2.75, 3.05) is 0 Å². The smallest absolute Gasteiger partial charge is 0.358 e. The van der Waals surface area contributed by atoms with Gasteiger partial charge in [0.05, 0.1) is 29.6 Å². The Kier molecular flexibility index (Phi) is 5.56. The van der Waals surface area contributed by atoms with Crippen molar-refractivity contribution in [2.45, 2.75) is 19.5 Å². The van der Waals surface area contributed by atoms with E-state index in [-0.39, 0.29) is 5.82 Å². The zero-order chi connectivity index (χ0) is 20.4. The number of nitrogens with zero attached hydrogens (tertiary/aromatic N) is 7. The summed E-state index contributed by atoms with van der Waals surface area (Å²) in [7, 11) is 0. The molecule has 0 radical (unpaired) electrons. The van der Waals surface area contributed by atoms with E-state index in [1.54, 1.807) is 29.1 Å². The molecule has 0 bridgehead atoms. The quantitative estimate of drug-likeness (QED) is 0.313. The van der Waals surface area contributed by atoms with Gasteiger partial charge >= 0.3 is 5.82 Å². The van der Waals surface area contributed by atoms with Crippen LogP contribution in [-0.4, -0.2) is 34.7 Å². The number of aromatic nitrogens is 6. The summed E-state index contributed by atoms with van der Waals surface area (Å²) in [6, 6.07) is 8.65. The molecule has 3 heterocycles.